The van der Waals surface area contributed by atoms with Crippen molar-refractivity contribution in [3.8, 4) is 22.3 Å². The minimum absolute atomic E-state index is 0.0896. The SMILES string of the molecule is CCCCCCCCC1(C)c2cc(B3OC(C)(C)C(C)(C)O3)ccc2-c2ccc(-c3ccc(B4OC(C)(C)C(C)(C)O4)cc3)cc21. The number of rotatable bonds is 10. The third kappa shape index (κ3) is 5.82. The molecule has 0 saturated carbocycles. The molecule has 2 heterocycles. The van der Waals surface area contributed by atoms with Gasteiger partial charge in [-0.25, -0.2) is 0 Å². The molecule has 1 unspecified atom stereocenters. The smallest absolute Gasteiger partial charge is 0.399 e. The Morgan fingerprint density at radius 1 is 0.478 bits per heavy atom. The molecule has 1 atom stereocenters. The van der Waals surface area contributed by atoms with Crippen LogP contribution in [0.4, 0.5) is 0 Å². The van der Waals surface area contributed by atoms with E-state index in [-0.39, 0.29) is 42.1 Å². The van der Waals surface area contributed by atoms with Gasteiger partial charge < -0.3 is 18.6 Å². The summed E-state index contributed by atoms with van der Waals surface area (Å²) in [6.07, 6.45) is 8.86. The Morgan fingerprint density at radius 3 is 1.48 bits per heavy atom. The predicted octanol–water partition coefficient (Wildman–Crippen LogP) is 8.99. The van der Waals surface area contributed by atoms with E-state index in [1.165, 1.54) is 71.9 Å². The molecule has 2 aliphatic heterocycles. The maximum Gasteiger partial charge on any atom is 0.494 e. The second-order valence-corrected chi connectivity index (χ2v) is 16.2. The van der Waals surface area contributed by atoms with Gasteiger partial charge in [-0.05, 0) is 112 Å². The van der Waals surface area contributed by atoms with Crippen molar-refractivity contribution in [3.05, 3.63) is 71.8 Å². The normalized spacial score (nSPS) is 23.5. The van der Waals surface area contributed by atoms with Gasteiger partial charge >= 0.3 is 14.2 Å². The van der Waals surface area contributed by atoms with E-state index in [4.69, 9.17) is 18.6 Å². The molecular formula is C40H54B2O4. The van der Waals surface area contributed by atoms with E-state index in [0.29, 0.717) is 0 Å². The van der Waals surface area contributed by atoms with Crippen molar-refractivity contribution >= 4 is 25.2 Å². The van der Waals surface area contributed by atoms with Crippen LogP contribution in [0.2, 0.25) is 0 Å². The van der Waals surface area contributed by atoms with E-state index in [1.807, 2.05) is 0 Å². The summed E-state index contributed by atoms with van der Waals surface area (Å²) in [6.45, 7) is 21.7. The molecule has 3 aromatic carbocycles. The summed E-state index contributed by atoms with van der Waals surface area (Å²) >= 11 is 0. The van der Waals surface area contributed by atoms with Crippen molar-refractivity contribution in [2.75, 3.05) is 0 Å². The van der Waals surface area contributed by atoms with Crippen LogP contribution in [0.3, 0.4) is 0 Å². The standard InChI is InChI=1S/C40H54B2O4/c1-11-12-13-14-15-16-25-40(10)34-26-29(28-17-20-30(21-18-28)41-43-36(2,3)37(4,5)44-41)19-23-32(34)33-24-22-31(27-35(33)40)42-45-38(6,7)39(8,9)46-42/h17-24,26-27H,11-16,25H2,1-10H3. The van der Waals surface area contributed by atoms with E-state index < -0.39 is 0 Å². The van der Waals surface area contributed by atoms with Gasteiger partial charge in [-0.3, -0.25) is 0 Å². The highest BCUT2D eigenvalue weighted by Crippen LogP contribution is 2.52. The predicted molar refractivity (Wildman–Crippen MR) is 193 cm³/mol. The van der Waals surface area contributed by atoms with E-state index >= 15 is 0 Å². The highest BCUT2D eigenvalue weighted by Gasteiger charge is 2.53. The van der Waals surface area contributed by atoms with Gasteiger partial charge in [0.1, 0.15) is 0 Å². The third-order valence-corrected chi connectivity index (χ3v) is 11.9. The molecule has 0 amide bonds. The zero-order valence-electron chi connectivity index (χ0n) is 30.0. The van der Waals surface area contributed by atoms with Crippen molar-refractivity contribution in [1.29, 1.82) is 0 Å². The molecule has 46 heavy (non-hydrogen) atoms. The summed E-state index contributed by atoms with van der Waals surface area (Å²) in [6, 6.07) is 22.7. The average molecular weight is 620 g/mol. The van der Waals surface area contributed by atoms with Gasteiger partial charge in [0.2, 0.25) is 0 Å². The molecule has 3 aliphatic rings. The van der Waals surface area contributed by atoms with E-state index in [1.54, 1.807) is 0 Å². The zero-order chi connectivity index (χ0) is 33.1. The molecule has 244 valence electrons. The monoisotopic (exact) mass is 620 g/mol. The minimum Gasteiger partial charge on any atom is -0.399 e. The van der Waals surface area contributed by atoms with Gasteiger partial charge in [0.05, 0.1) is 22.4 Å². The summed E-state index contributed by atoms with van der Waals surface area (Å²) in [7, 11) is -0.720. The molecule has 6 heteroatoms. The first kappa shape index (κ1) is 33.5. The first-order valence-corrected chi connectivity index (χ1v) is 17.7. The molecule has 0 spiro atoms. The number of hydrogen-bond donors (Lipinski definition) is 0. The fourth-order valence-electron chi connectivity index (χ4n) is 7.28. The summed E-state index contributed by atoms with van der Waals surface area (Å²) in [5, 5.41) is 0. The largest absolute Gasteiger partial charge is 0.494 e. The molecule has 2 saturated heterocycles. The molecular weight excluding hydrogens is 566 g/mol. The Bertz CT molecular complexity index is 1540. The van der Waals surface area contributed by atoms with Crippen LogP contribution < -0.4 is 10.9 Å². The Hall–Kier alpha value is -2.37. The van der Waals surface area contributed by atoms with Gasteiger partial charge in [-0.2, -0.15) is 0 Å². The molecule has 2 fully saturated rings. The lowest BCUT2D eigenvalue weighted by Crippen LogP contribution is -2.41. The summed E-state index contributed by atoms with van der Waals surface area (Å²) < 4.78 is 25.6. The van der Waals surface area contributed by atoms with Crippen LogP contribution in [-0.4, -0.2) is 36.6 Å². The minimum atomic E-state index is -0.367. The molecule has 3 aromatic rings. The Labute approximate surface area is 279 Å². The van der Waals surface area contributed by atoms with E-state index in [9.17, 15) is 0 Å². The highest BCUT2D eigenvalue weighted by molar-refractivity contribution is 6.62. The highest BCUT2D eigenvalue weighted by atomic mass is 16.7. The Balaban J connectivity index is 1.31. The van der Waals surface area contributed by atoms with E-state index in [2.05, 4.69) is 130 Å². The van der Waals surface area contributed by atoms with Crippen molar-refractivity contribution in [1.82, 2.24) is 0 Å². The number of benzene rings is 3. The molecule has 1 aliphatic carbocycles. The quantitative estimate of drug-likeness (QED) is 0.168. The van der Waals surface area contributed by atoms with E-state index in [0.717, 1.165) is 17.3 Å². The molecule has 0 bridgehead atoms. The molecule has 0 aromatic heterocycles. The van der Waals surface area contributed by atoms with Crippen molar-refractivity contribution in [2.24, 2.45) is 0 Å². The topological polar surface area (TPSA) is 36.9 Å². The zero-order valence-corrected chi connectivity index (χ0v) is 30.0. The first-order chi connectivity index (χ1) is 21.6. The molecule has 4 nitrogen and oxygen atoms in total. The van der Waals surface area contributed by atoms with Gasteiger partial charge in [0.15, 0.2) is 0 Å². The summed E-state index contributed by atoms with van der Waals surface area (Å²) in [5.74, 6) is 0. The van der Waals surface area contributed by atoms with Crippen LogP contribution in [0.25, 0.3) is 22.3 Å². The van der Waals surface area contributed by atoms with Crippen LogP contribution in [0.1, 0.15) is 125 Å². The van der Waals surface area contributed by atoms with Gasteiger partial charge in [-0.15, -0.1) is 0 Å². The van der Waals surface area contributed by atoms with Crippen LogP contribution in [0.5, 0.6) is 0 Å². The lowest BCUT2D eigenvalue weighted by atomic mass is 9.72. The lowest BCUT2D eigenvalue weighted by Gasteiger charge is -2.32. The Kier molecular flexibility index (Phi) is 8.71. The molecule has 0 radical (unpaired) electrons. The number of fused-ring (bicyclic) bond motifs is 3. The van der Waals surface area contributed by atoms with Crippen molar-refractivity contribution < 1.29 is 18.6 Å². The molecule has 0 N–H and O–H groups in total. The summed E-state index contributed by atoms with van der Waals surface area (Å²) in [5.41, 5.74) is 8.60. The average Bonchev–Trinajstić information content (AvgIpc) is 3.48. The van der Waals surface area contributed by atoms with Crippen LogP contribution in [0, 0.1) is 0 Å². The van der Waals surface area contributed by atoms with Gasteiger partial charge in [-0.1, -0.05) is 107 Å². The van der Waals surface area contributed by atoms with Crippen LogP contribution in [-0.2, 0) is 24.0 Å². The first-order valence-electron chi connectivity index (χ1n) is 17.7. The second kappa shape index (κ2) is 11.9. The van der Waals surface area contributed by atoms with Crippen LogP contribution in [0.15, 0.2) is 60.7 Å². The number of hydrogen-bond acceptors (Lipinski definition) is 4. The van der Waals surface area contributed by atoms with Crippen molar-refractivity contribution in [3.63, 3.8) is 0 Å². The van der Waals surface area contributed by atoms with Gasteiger partial charge in [0, 0.05) is 5.41 Å². The number of unbranched alkanes of at least 4 members (excludes halogenated alkanes) is 5. The maximum absolute atomic E-state index is 6.50. The third-order valence-electron chi connectivity index (χ3n) is 11.9. The Morgan fingerprint density at radius 2 is 0.913 bits per heavy atom. The van der Waals surface area contributed by atoms with Crippen LogP contribution >= 0.6 is 0 Å². The lowest BCUT2D eigenvalue weighted by molar-refractivity contribution is 0.00578. The fraction of sp³-hybridized carbons (Fsp3) is 0.550. The summed E-state index contributed by atoms with van der Waals surface area (Å²) in [4.78, 5) is 0. The second-order valence-electron chi connectivity index (χ2n) is 16.2. The molecule has 6 rings (SSSR count). The van der Waals surface area contributed by atoms with Gasteiger partial charge in [0.25, 0.3) is 0 Å². The fourth-order valence-corrected chi connectivity index (χ4v) is 7.28. The van der Waals surface area contributed by atoms with Crippen molar-refractivity contribution in [2.45, 2.75) is 142 Å². The maximum atomic E-state index is 6.50.